The molecule has 0 amide bonds. The zero-order valence-electron chi connectivity index (χ0n) is 21.0. The maximum atomic E-state index is 6.69. The summed E-state index contributed by atoms with van der Waals surface area (Å²) in [4.78, 5) is 0. The van der Waals surface area contributed by atoms with Gasteiger partial charge in [-0.25, -0.2) is 0 Å². The van der Waals surface area contributed by atoms with Gasteiger partial charge < -0.3 is 18.9 Å². The lowest BCUT2D eigenvalue weighted by Gasteiger charge is -2.43. The first kappa shape index (κ1) is 20.8. The number of epoxide rings is 2. The summed E-state index contributed by atoms with van der Waals surface area (Å²) in [6.45, 7) is 2.99. The van der Waals surface area contributed by atoms with Crippen molar-refractivity contribution in [2.24, 2.45) is 35.5 Å². The van der Waals surface area contributed by atoms with Crippen molar-refractivity contribution < 1.29 is 18.9 Å². The Labute approximate surface area is 209 Å². The normalized spacial score (nSPS) is 49.6. The summed E-state index contributed by atoms with van der Waals surface area (Å²) in [7, 11) is 0. The molecule has 2 heterocycles. The van der Waals surface area contributed by atoms with E-state index in [1.165, 1.54) is 76.2 Å². The van der Waals surface area contributed by atoms with Crippen molar-refractivity contribution in [1.29, 1.82) is 0 Å². The van der Waals surface area contributed by atoms with Crippen LogP contribution in [0.1, 0.15) is 81.8 Å². The number of benzene rings is 1. The number of fused-ring (bicyclic) bond motifs is 2. The fourth-order valence-electron chi connectivity index (χ4n) is 10.7. The predicted molar refractivity (Wildman–Crippen MR) is 132 cm³/mol. The van der Waals surface area contributed by atoms with Crippen LogP contribution in [0.4, 0.5) is 0 Å². The highest BCUT2D eigenvalue weighted by molar-refractivity contribution is 5.56. The Kier molecular flexibility index (Phi) is 4.26. The lowest BCUT2D eigenvalue weighted by atomic mass is 9.62. The van der Waals surface area contributed by atoms with Gasteiger partial charge in [-0.3, -0.25) is 0 Å². The topological polar surface area (TPSA) is 43.5 Å². The number of hydrogen-bond donors (Lipinski definition) is 0. The van der Waals surface area contributed by atoms with E-state index in [1.54, 1.807) is 5.56 Å². The van der Waals surface area contributed by atoms with Crippen molar-refractivity contribution in [3.8, 4) is 11.5 Å². The molecule has 0 N–H and O–H groups in total. The number of hydrogen-bond acceptors (Lipinski definition) is 4. The molecule has 0 aromatic heterocycles. The van der Waals surface area contributed by atoms with Gasteiger partial charge in [0.25, 0.3) is 0 Å². The zero-order chi connectivity index (χ0) is 22.8. The quantitative estimate of drug-likeness (QED) is 0.446. The van der Waals surface area contributed by atoms with Crippen molar-refractivity contribution in [3.63, 3.8) is 0 Å². The fourth-order valence-corrected chi connectivity index (χ4v) is 10.7. The van der Waals surface area contributed by atoms with Crippen molar-refractivity contribution in [2.45, 2.75) is 93.7 Å². The van der Waals surface area contributed by atoms with E-state index in [9.17, 15) is 0 Å². The minimum absolute atomic E-state index is 0.262. The summed E-state index contributed by atoms with van der Waals surface area (Å²) in [5.74, 6) is 7.77. The van der Waals surface area contributed by atoms with Crippen LogP contribution in [0.15, 0.2) is 12.1 Å². The Hall–Kier alpha value is -1.26. The van der Waals surface area contributed by atoms with Gasteiger partial charge in [-0.1, -0.05) is 12.5 Å². The maximum Gasteiger partial charge on any atom is 0.165 e. The van der Waals surface area contributed by atoms with Gasteiger partial charge in [-0.15, -0.1) is 0 Å². The van der Waals surface area contributed by atoms with Gasteiger partial charge in [0.15, 0.2) is 11.5 Å². The van der Waals surface area contributed by atoms with Gasteiger partial charge in [0.1, 0.15) is 25.4 Å². The van der Waals surface area contributed by atoms with Crippen LogP contribution in [-0.4, -0.2) is 38.6 Å². The minimum atomic E-state index is 0.262. The molecule has 1 aromatic carbocycles. The van der Waals surface area contributed by atoms with E-state index < -0.39 is 0 Å². The molecule has 2 aliphatic heterocycles. The van der Waals surface area contributed by atoms with Crippen LogP contribution in [0.5, 0.6) is 11.5 Å². The summed E-state index contributed by atoms with van der Waals surface area (Å²) >= 11 is 0. The fraction of sp³-hybridized carbons (Fsp3) is 0.806. The number of ether oxygens (including phenoxy) is 4. The second-order valence-corrected chi connectivity index (χ2v) is 14.2. The summed E-state index contributed by atoms with van der Waals surface area (Å²) < 4.78 is 24.4. The van der Waals surface area contributed by atoms with E-state index in [0.717, 1.165) is 60.2 Å². The zero-order valence-corrected chi connectivity index (χ0v) is 21.0. The average Bonchev–Trinajstić information content (AvgIpc) is 3.77. The van der Waals surface area contributed by atoms with Crippen molar-refractivity contribution in [1.82, 2.24) is 0 Å². The second-order valence-electron chi connectivity index (χ2n) is 14.2. The van der Waals surface area contributed by atoms with Crippen LogP contribution in [-0.2, 0) is 20.3 Å². The molecule has 0 spiro atoms. The molecule has 1 aromatic rings. The Morgan fingerprint density at radius 2 is 1.31 bits per heavy atom. The molecule has 35 heavy (non-hydrogen) atoms. The van der Waals surface area contributed by atoms with E-state index in [-0.39, 0.29) is 12.2 Å². The van der Waals surface area contributed by atoms with E-state index >= 15 is 0 Å². The smallest absolute Gasteiger partial charge is 0.165 e. The molecule has 7 bridgehead atoms. The highest BCUT2D eigenvalue weighted by Crippen LogP contribution is 2.67. The molecule has 7 saturated carbocycles. The van der Waals surface area contributed by atoms with Crippen molar-refractivity contribution >= 4 is 0 Å². The van der Waals surface area contributed by atoms with Gasteiger partial charge in [-0.05, 0) is 122 Å². The molecule has 7 unspecified atom stereocenters. The molecule has 2 saturated heterocycles. The second kappa shape index (κ2) is 7.19. The van der Waals surface area contributed by atoms with E-state index in [4.69, 9.17) is 18.9 Å². The molecular weight excluding hydrogens is 436 g/mol. The maximum absolute atomic E-state index is 6.69. The van der Waals surface area contributed by atoms with Crippen LogP contribution in [0.3, 0.4) is 0 Å². The van der Waals surface area contributed by atoms with Crippen molar-refractivity contribution in [2.75, 3.05) is 26.4 Å². The molecule has 8 atom stereocenters. The van der Waals surface area contributed by atoms with E-state index in [2.05, 4.69) is 12.1 Å². The third-order valence-corrected chi connectivity index (χ3v) is 12.0. The van der Waals surface area contributed by atoms with E-state index in [1.807, 2.05) is 0 Å². The summed E-state index contributed by atoms with van der Waals surface area (Å²) in [5.41, 5.74) is 3.81. The summed E-state index contributed by atoms with van der Waals surface area (Å²) in [6, 6.07) is 5.12. The first-order chi connectivity index (χ1) is 17.1. The van der Waals surface area contributed by atoms with Gasteiger partial charge in [0, 0.05) is 5.56 Å². The molecule has 4 heteroatoms. The van der Waals surface area contributed by atoms with Gasteiger partial charge in [-0.2, -0.15) is 0 Å². The largest absolute Gasteiger partial charge is 0.487 e. The Morgan fingerprint density at radius 1 is 0.686 bits per heavy atom. The van der Waals surface area contributed by atoms with Crippen LogP contribution in [0.2, 0.25) is 0 Å². The summed E-state index contributed by atoms with van der Waals surface area (Å²) in [5, 5.41) is 0. The average molecular weight is 477 g/mol. The number of rotatable bonds is 8. The monoisotopic (exact) mass is 476 g/mol. The van der Waals surface area contributed by atoms with Crippen LogP contribution in [0.25, 0.3) is 0 Å². The van der Waals surface area contributed by atoms with Crippen molar-refractivity contribution in [3.05, 3.63) is 23.3 Å². The van der Waals surface area contributed by atoms with E-state index in [0.29, 0.717) is 24.0 Å². The molecule has 7 aliphatic carbocycles. The Morgan fingerprint density at radius 3 is 2.06 bits per heavy atom. The predicted octanol–water partition coefficient (Wildman–Crippen LogP) is 5.79. The highest BCUT2D eigenvalue weighted by Gasteiger charge is 2.58. The molecule has 10 rings (SSSR count). The third-order valence-electron chi connectivity index (χ3n) is 12.0. The molecule has 0 radical (unpaired) electrons. The lowest BCUT2D eigenvalue weighted by Crippen LogP contribution is -2.34. The Balaban J connectivity index is 1.18. The standard InChI is InChI=1S/C31H40O4/c1-2-20-10-31(8-18(1)3-21(20)13-31)27-6-24(30-9-19-4-22(11-30)23(5-19)12-30)7-28(34-16-25-14-32-25)29(27)35-17-26-15-33-26/h6-7,18-23,25-26H,1-5,8-17H2/t18-,19?,20?,21?,22?,23?,25?,26?,30?,31?/m0/s1. The van der Waals surface area contributed by atoms with Gasteiger partial charge >= 0.3 is 0 Å². The van der Waals surface area contributed by atoms with Crippen LogP contribution >= 0.6 is 0 Å². The first-order valence-electron chi connectivity index (χ1n) is 14.8. The third kappa shape index (κ3) is 3.24. The highest BCUT2D eigenvalue weighted by atomic mass is 16.6. The Bertz CT molecular complexity index is 1020. The first-order valence-corrected chi connectivity index (χ1v) is 14.8. The minimum Gasteiger partial charge on any atom is -0.487 e. The van der Waals surface area contributed by atoms with Gasteiger partial charge in [0.05, 0.1) is 13.2 Å². The molecule has 9 fully saturated rings. The van der Waals surface area contributed by atoms with Crippen LogP contribution in [0, 0.1) is 35.5 Å². The molecular formula is C31H40O4. The van der Waals surface area contributed by atoms with Gasteiger partial charge in [0.2, 0.25) is 0 Å². The molecule has 4 nitrogen and oxygen atoms in total. The lowest BCUT2D eigenvalue weighted by molar-refractivity contribution is 0.159. The molecule has 9 aliphatic rings. The molecule has 188 valence electrons. The SMILES string of the molecule is c1c(C23CC4CC(C2)C(C4)C3)cc(C23CC4CC[C@@H](CC4C2)C3)c(OCC2CO2)c1OCC1CO1. The summed E-state index contributed by atoms with van der Waals surface area (Å²) in [6.07, 6.45) is 16.3. The van der Waals surface area contributed by atoms with Crippen LogP contribution < -0.4 is 9.47 Å².